The van der Waals surface area contributed by atoms with Gasteiger partial charge in [0.25, 0.3) is 0 Å². The van der Waals surface area contributed by atoms with Crippen LogP contribution in [0.2, 0.25) is 0 Å². The number of fused-ring (bicyclic) bond motifs is 9. The number of para-hydroxylation sites is 2. The molecule has 9 rings (SSSR count). The summed E-state index contributed by atoms with van der Waals surface area (Å²) >= 11 is 0. The third-order valence-corrected chi connectivity index (χ3v) is 7.90. The van der Waals surface area contributed by atoms with Gasteiger partial charge in [-0.15, -0.1) is 0 Å². The fourth-order valence-electron chi connectivity index (χ4n) is 6.08. The lowest BCUT2D eigenvalue weighted by Gasteiger charge is -2.09. The lowest BCUT2D eigenvalue weighted by Crippen LogP contribution is -1.93. The quantitative estimate of drug-likeness (QED) is 0.237. The molecule has 0 unspecified atom stereocenters. The first-order valence-corrected chi connectivity index (χ1v) is 13.0. The molecule has 0 N–H and O–H groups in total. The fourth-order valence-corrected chi connectivity index (χ4v) is 6.08. The normalized spacial score (nSPS) is 12.1. The van der Waals surface area contributed by atoms with E-state index in [-0.39, 0.29) is 0 Å². The molecule has 0 amide bonds. The summed E-state index contributed by atoms with van der Waals surface area (Å²) in [6.45, 7) is 0. The van der Waals surface area contributed by atoms with Crippen molar-refractivity contribution in [2.24, 2.45) is 0 Å². The van der Waals surface area contributed by atoms with Gasteiger partial charge in [0.15, 0.2) is 0 Å². The van der Waals surface area contributed by atoms with E-state index in [0.717, 1.165) is 49.6 Å². The van der Waals surface area contributed by atoms with Gasteiger partial charge in [0, 0.05) is 50.4 Å². The molecule has 4 aromatic heterocycles. The molecule has 4 heterocycles. The first kappa shape index (κ1) is 20.7. The molecule has 4 nitrogen and oxygen atoms in total. The molecule has 4 heteroatoms. The van der Waals surface area contributed by atoms with E-state index in [2.05, 4.69) is 101 Å². The van der Waals surface area contributed by atoms with Crippen LogP contribution in [0.15, 0.2) is 130 Å². The number of aromatic nitrogens is 2. The summed E-state index contributed by atoms with van der Waals surface area (Å²) in [6.07, 6.45) is 3.64. The van der Waals surface area contributed by atoms with Crippen LogP contribution >= 0.6 is 0 Å². The number of benzene rings is 5. The molecule has 0 aliphatic carbocycles. The van der Waals surface area contributed by atoms with Gasteiger partial charge in [0.05, 0.1) is 11.0 Å². The predicted molar refractivity (Wildman–Crippen MR) is 159 cm³/mol. The van der Waals surface area contributed by atoms with Crippen molar-refractivity contribution < 1.29 is 8.83 Å². The maximum Gasteiger partial charge on any atom is 0.138 e. The largest absolute Gasteiger partial charge is 0.456 e. The highest BCUT2D eigenvalue weighted by molar-refractivity contribution is 6.12. The van der Waals surface area contributed by atoms with E-state index in [1.807, 2.05) is 24.4 Å². The van der Waals surface area contributed by atoms with Crippen LogP contribution in [0, 0.1) is 0 Å². The summed E-state index contributed by atoms with van der Waals surface area (Å²) in [7, 11) is 0. The molecule has 5 aromatic carbocycles. The Morgan fingerprint density at radius 1 is 0.462 bits per heavy atom. The maximum atomic E-state index is 6.06. The van der Waals surface area contributed by atoms with Crippen LogP contribution in [0.1, 0.15) is 0 Å². The van der Waals surface area contributed by atoms with Crippen LogP contribution < -0.4 is 0 Å². The van der Waals surface area contributed by atoms with Crippen LogP contribution in [0.4, 0.5) is 0 Å². The van der Waals surface area contributed by atoms with Gasteiger partial charge in [-0.2, -0.15) is 0 Å². The van der Waals surface area contributed by atoms with Gasteiger partial charge in [-0.25, -0.2) is 0 Å². The first-order valence-electron chi connectivity index (χ1n) is 13.0. The highest BCUT2D eigenvalue weighted by Gasteiger charge is 2.16. The van der Waals surface area contributed by atoms with E-state index in [4.69, 9.17) is 8.83 Å². The maximum absolute atomic E-state index is 6.06. The molecule has 0 bridgehead atoms. The van der Waals surface area contributed by atoms with Crippen molar-refractivity contribution in [2.45, 2.75) is 0 Å². The highest BCUT2D eigenvalue weighted by Crippen LogP contribution is 2.38. The molecule has 0 aliphatic heterocycles. The highest BCUT2D eigenvalue weighted by atomic mass is 16.3. The van der Waals surface area contributed by atoms with Gasteiger partial charge in [0.1, 0.15) is 22.3 Å². The van der Waals surface area contributed by atoms with Crippen molar-refractivity contribution in [3.05, 3.63) is 122 Å². The van der Waals surface area contributed by atoms with Gasteiger partial charge >= 0.3 is 0 Å². The first-order chi connectivity index (χ1) is 19.3. The van der Waals surface area contributed by atoms with Crippen molar-refractivity contribution in [1.29, 1.82) is 0 Å². The zero-order valence-corrected chi connectivity index (χ0v) is 20.8. The number of furan rings is 2. The standard InChI is InChI=1S/C35H20N2O2/c1-3-7-30-24(5-1)26-17-21(22-10-13-33-27(18-22)25-6-2-4-8-32(25)38-33)9-12-31(26)37(30)23-11-14-34-28(19-23)29-20-36-16-15-35(29)39-34/h1-20H. The topological polar surface area (TPSA) is 44.1 Å². The lowest BCUT2D eigenvalue weighted by atomic mass is 10.0. The van der Waals surface area contributed by atoms with E-state index in [9.17, 15) is 0 Å². The Hall–Kier alpha value is -5.35. The third-order valence-electron chi connectivity index (χ3n) is 7.90. The van der Waals surface area contributed by atoms with Crippen LogP contribution in [0.3, 0.4) is 0 Å². The SMILES string of the molecule is c1ccc2c(c1)oc1ccc(-c3ccc4c(c3)c3ccccc3n4-c3ccc4oc5ccncc5c4c3)cc12. The Balaban J connectivity index is 1.28. The second-order valence-corrected chi connectivity index (χ2v) is 10.0. The van der Waals surface area contributed by atoms with Gasteiger partial charge in [-0.05, 0) is 71.8 Å². The molecule has 39 heavy (non-hydrogen) atoms. The number of pyridine rings is 1. The van der Waals surface area contributed by atoms with Crippen molar-refractivity contribution in [1.82, 2.24) is 9.55 Å². The summed E-state index contributed by atoms with van der Waals surface area (Å²) in [5, 5.41) is 6.82. The molecule has 182 valence electrons. The number of nitrogens with zero attached hydrogens (tertiary/aromatic N) is 2. The third kappa shape index (κ3) is 2.91. The van der Waals surface area contributed by atoms with Crippen molar-refractivity contribution in [3.8, 4) is 16.8 Å². The zero-order chi connectivity index (χ0) is 25.5. The zero-order valence-electron chi connectivity index (χ0n) is 20.8. The summed E-state index contributed by atoms with van der Waals surface area (Å²) < 4.78 is 14.5. The fraction of sp³-hybridized carbons (Fsp3) is 0. The molecule has 0 aliphatic rings. The smallest absolute Gasteiger partial charge is 0.138 e. The summed E-state index contributed by atoms with van der Waals surface area (Å²) in [6, 6.07) is 38.4. The van der Waals surface area contributed by atoms with Crippen molar-refractivity contribution in [3.63, 3.8) is 0 Å². The Morgan fingerprint density at radius 2 is 1.10 bits per heavy atom. The molecule has 9 aromatic rings. The van der Waals surface area contributed by atoms with Crippen LogP contribution in [-0.2, 0) is 0 Å². The lowest BCUT2D eigenvalue weighted by molar-refractivity contribution is 0.668. The number of rotatable bonds is 2. The predicted octanol–water partition coefficient (Wildman–Crippen LogP) is 9.64. The van der Waals surface area contributed by atoms with E-state index in [1.165, 1.54) is 32.9 Å². The van der Waals surface area contributed by atoms with Gasteiger partial charge < -0.3 is 13.4 Å². The van der Waals surface area contributed by atoms with Crippen LogP contribution in [-0.4, -0.2) is 9.55 Å². The average molecular weight is 501 g/mol. The minimum Gasteiger partial charge on any atom is -0.456 e. The van der Waals surface area contributed by atoms with Crippen molar-refractivity contribution >= 4 is 65.7 Å². The van der Waals surface area contributed by atoms with Gasteiger partial charge in [-0.3, -0.25) is 4.98 Å². The summed E-state index contributed by atoms with van der Waals surface area (Å²) in [4.78, 5) is 4.33. The van der Waals surface area contributed by atoms with Crippen LogP contribution in [0.25, 0.3) is 82.5 Å². The Labute approximate surface area is 222 Å². The van der Waals surface area contributed by atoms with E-state index in [0.29, 0.717) is 0 Å². The molecule has 0 fully saturated rings. The Kier molecular flexibility index (Phi) is 4.02. The van der Waals surface area contributed by atoms with E-state index >= 15 is 0 Å². The monoisotopic (exact) mass is 500 g/mol. The average Bonchev–Trinajstić information content (AvgIpc) is 3.65. The molecule has 0 saturated heterocycles. The van der Waals surface area contributed by atoms with E-state index in [1.54, 1.807) is 6.20 Å². The minimum absolute atomic E-state index is 0.853. The molecule has 0 spiro atoms. The Bertz CT molecular complexity index is 2400. The molecular formula is C35H20N2O2. The molecular weight excluding hydrogens is 480 g/mol. The van der Waals surface area contributed by atoms with Gasteiger partial charge in [-0.1, -0.05) is 48.5 Å². The molecule has 0 saturated carbocycles. The summed E-state index contributed by atoms with van der Waals surface area (Å²) in [5.41, 5.74) is 9.34. The van der Waals surface area contributed by atoms with E-state index < -0.39 is 0 Å². The minimum atomic E-state index is 0.853. The molecule has 0 atom stereocenters. The second kappa shape index (κ2) is 7.59. The summed E-state index contributed by atoms with van der Waals surface area (Å²) in [5.74, 6) is 0. The van der Waals surface area contributed by atoms with Crippen molar-refractivity contribution in [2.75, 3.05) is 0 Å². The number of hydrogen-bond donors (Lipinski definition) is 0. The second-order valence-electron chi connectivity index (χ2n) is 10.0. The number of hydrogen-bond acceptors (Lipinski definition) is 3. The molecule has 0 radical (unpaired) electrons. The van der Waals surface area contributed by atoms with Crippen LogP contribution in [0.5, 0.6) is 0 Å². The Morgan fingerprint density at radius 3 is 2.00 bits per heavy atom. The van der Waals surface area contributed by atoms with Gasteiger partial charge in [0.2, 0.25) is 0 Å².